The number of thiocarbonyl (C=S) groups is 1. The Morgan fingerprint density at radius 2 is 1.69 bits per heavy atom. The van der Waals surface area contributed by atoms with Gasteiger partial charge in [-0.1, -0.05) is 18.2 Å². The van der Waals surface area contributed by atoms with E-state index in [1.807, 2.05) is 6.07 Å². The molecular formula is C21H28N4O2S2. The van der Waals surface area contributed by atoms with Gasteiger partial charge in [-0.2, -0.15) is 0 Å². The molecule has 2 aromatic rings. The number of rotatable bonds is 4. The maximum atomic E-state index is 12.3. The SMILES string of the molecule is Cc1cccc(N2CCN(C(=S)Nc3cccc(S(=O)(=O)N(C)C)c3)CC2)c1C. The molecule has 0 aliphatic carbocycles. The Morgan fingerprint density at radius 1 is 1.03 bits per heavy atom. The lowest BCUT2D eigenvalue weighted by Gasteiger charge is -2.38. The molecule has 1 fully saturated rings. The van der Waals surface area contributed by atoms with Crippen molar-refractivity contribution >= 4 is 38.7 Å². The Morgan fingerprint density at radius 3 is 2.34 bits per heavy atom. The fourth-order valence-corrected chi connectivity index (χ4v) is 4.62. The predicted molar refractivity (Wildman–Crippen MR) is 123 cm³/mol. The van der Waals surface area contributed by atoms with Crippen molar-refractivity contribution in [2.75, 3.05) is 50.5 Å². The smallest absolute Gasteiger partial charge is 0.242 e. The lowest BCUT2D eigenvalue weighted by Crippen LogP contribution is -2.50. The fourth-order valence-electron chi connectivity index (χ4n) is 3.38. The lowest BCUT2D eigenvalue weighted by atomic mass is 10.1. The van der Waals surface area contributed by atoms with Crippen molar-refractivity contribution in [3.05, 3.63) is 53.6 Å². The molecule has 29 heavy (non-hydrogen) atoms. The maximum Gasteiger partial charge on any atom is 0.242 e. The van der Waals surface area contributed by atoms with Crippen molar-refractivity contribution in [1.82, 2.24) is 9.21 Å². The van der Waals surface area contributed by atoms with Gasteiger partial charge in [0.05, 0.1) is 4.90 Å². The van der Waals surface area contributed by atoms with Crippen molar-refractivity contribution in [3.63, 3.8) is 0 Å². The third-order valence-corrected chi connectivity index (χ3v) is 7.52. The van der Waals surface area contributed by atoms with Crippen LogP contribution in [0.25, 0.3) is 0 Å². The number of hydrogen-bond acceptors (Lipinski definition) is 4. The molecule has 0 saturated carbocycles. The molecule has 0 spiro atoms. The molecule has 0 bridgehead atoms. The highest BCUT2D eigenvalue weighted by Crippen LogP contribution is 2.24. The van der Waals surface area contributed by atoms with Gasteiger partial charge in [-0.15, -0.1) is 0 Å². The van der Waals surface area contributed by atoms with Crippen LogP contribution in [0.1, 0.15) is 11.1 Å². The van der Waals surface area contributed by atoms with Crippen LogP contribution >= 0.6 is 12.2 Å². The summed E-state index contributed by atoms with van der Waals surface area (Å²) < 4.78 is 25.9. The summed E-state index contributed by atoms with van der Waals surface area (Å²) in [4.78, 5) is 4.77. The van der Waals surface area contributed by atoms with Crippen LogP contribution in [0.3, 0.4) is 0 Å². The summed E-state index contributed by atoms with van der Waals surface area (Å²) in [6.07, 6.45) is 0. The number of anilines is 2. The molecule has 1 N–H and O–H groups in total. The number of aryl methyl sites for hydroxylation is 1. The lowest BCUT2D eigenvalue weighted by molar-refractivity contribution is 0.390. The summed E-state index contributed by atoms with van der Waals surface area (Å²) in [7, 11) is -0.429. The third-order valence-electron chi connectivity index (χ3n) is 5.35. The van der Waals surface area contributed by atoms with Gasteiger partial charge in [0, 0.05) is 51.6 Å². The van der Waals surface area contributed by atoms with E-state index in [9.17, 15) is 8.42 Å². The van der Waals surface area contributed by atoms with E-state index in [1.165, 1.54) is 35.2 Å². The molecule has 3 rings (SSSR count). The van der Waals surface area contributed by atoms with Crippen molar-refractivity contribution < 1.29 is 8.42 Å². The molecule has 156 valence electrons. The standard InChI is InChI=1S/C21H28N4O2S2/c1-16-7-5-10-20(17(16)2)24-11-13-25(14-12-24)21(28)22-18-8-6-9-19(15-18)29(26,27)23(3)4/h5-10,15H,11-14H2,1-4H3,(H,22,28). The average Bonchev–Trinajstić information content (AvgIpc) is 2.70. The zero-order valence-electron chi connectivity index (χ0n) is 17.3. The zero-order chi connectivity index (χ0) is 21.2. The van der Waals surface area contributed by atoms with Gasteiger partial charge in [0.15, 0.2) is 5.11 Å². The number of sulfonamides is 1. The Bertz CT molecular complexity index is 997. The van der Waals surface area contributed by atoms with E-state index in [4.69, 9.17) is 12.2 Å². The van der Waals surface area contributed by atoms with Gasteiger partial charge in [0.2, 0.25) is 10.0 Å². The first-order valence-corrected chi connectivity index (χ1v) is 11.4. The summed E-state index contributed by atoms with van der Waals surface area (Å²) in [6.45, 7) is 7.71. The second-order valence-electron chi connectivity index (χ2n) is 7.44. The molecule has 1 aliphatic rings. The van der Waals surface area contributed by atoms with Crippen LogP contribution in [0.15, 0.2) is 47.4 Å². The highest BCUT2D eigenvalue weighted by atomic mass is 32.2. The minimum atomic E-state index is -3.48. The van der Waals surface area contributed by atoms with E-state index in [0.717, 1.165) is 26.2 Å². The zero-order valence-corrected chi connectivity index (χ0v) is 19.0. The van der Waals surface area contributed by atoms with Gasteiger partial charge in [0.1, 0.15) is 0 Å². The van der Waals surface area contributed by atoms with Crippen molar-refractivity contribution in [2.45, 2.75) is 18.7 Å². The molecule has 0 unspecified atom stereocenters. The highest BCUT2D eigenvalue weighted by Gasteiger charge is 2.21. The second kappa shape index (κ2) is 8.69. The van der Waals surface area contributed by atoms with E-state index in [2.05, 4.69) is 47.2 Å². The van der Waals surface area contributed by atoms with Crippen LogP contribution in [-0.2, 0) is 10.0 Å². The Labute approximate surface area is 179 Å². The van der Waals surface area contributed by atoms with Crippen LogP contribution in [0.2, 0.25) is 0 Å². The van der Waals surface area contributed by atoms with E-state index in [-0.39, 0.29) is 4.90 Å². The number of nitrogens with one attached hydrogen (secondary N) is 1. The molecule has 1 saturated heterocycles. The first-order valence-electron chi connectivity index (χ1n) is 9.60. The second-order valence-corrected chi connectivity index (χ2v) is 9.98. The molecule has 0 radical (unpaired) electrons. The minimum absolute atomic E-state index is 0.245. The van der Waals surface area contributed by atoms with Crippen LogP contribution in [0.4, 0.5) is 11.4 Å². The van der Waals surface area contributed by atoms with Gasteiger partial charge in [-0.25, -0.2) is 12.7 Å². The van der Waals surface area contributed by atoms with Gasteiger partial charge in [0.25, 0.3) is 0 Å². The summed E-state index contributed by atoms with van der Waals surface area (Å²) in [5.41, 5.74) is 4.58. The monoisotopic (exact) mass is 432 g/mol. The first kappa shape index (κ1) is 21.5. The molecule has 1 heterocycles. The summed E-state index contributed by atoms with van der Waals surface area (Å²) in [5.74, 6) is 0. The van der Waals surface area contributed by atoms with Crippen molar-refractivity contribution in [2.24, 2.45) is 0 Å². The molecule has 1 aliphatic heterocycles. The highest BCUT2D eigenvalue weighted by molar-refractivity contribution is 7.89. The van der Waals surface area contributed by atoms with Gasteiger partial charge >= 0.3 is 0 Å². The number of nitrogens with zero attached hydrogens (tertiary/aromatic N) is 3. The van der Waals surface area contributed by atoms with Gasteiger partial charge in [-0.3, -0.25) is 0 Å². The average molecular weight is 433 g/mol. The van der Waals surface area contributed by atoms with Gasteiger partial charge in [-0.05, 0) is 61.5 Å². The molecule has 0 atom stereocenters. The topological polar surface area (TPSA) is 55.9 Å². The molecule has 0 amide bonds. The summed E-state index contributed by atoms with van der Waals surface area (Å²) in [6, 6.07) is 13.2. The summed E-state index contributed by atoms with van der Waals surface area (Å²) >= 11 is 5.58. The molecular weight excluding hydrogens is 404 g/mol. The van der Waals surface area contributed by atoms with Crippen LogP contribution in [0.5, 0.6) is 0 Å². The Kier molecular flexibility index (Phi) is 6.45. The Balaban J connectivity index is 1.64. The largest absolute Gasteiger partial charge is 0.368 e. The minimum Gasteiger partial charge on any atom is -0.368 e. The fraction of sp³-hybridized carbons (Fsp3) is 0.381. The number of hydrogen-bond donors (Lipinski definition) is 1. The number of piperazine rings is 1. The Hall–Kier alpha value is -2.16. The summed E-state index contributed by atoms with van der Waals surface area (Å²) in [5, 5.41) is 3.81. The molecule has 0 aromatic heterocycles. The van der Waals surface area contributed by atoms with Gasteiger partial charge < -0.3 is 15.1 Å². The van der Waals surface area contributed by atoms with E-state index in [1.54, 1.807) is 18.2 Å². The van der Waals surface area contributed by atoms with E-state index < -0.39 is 10.0 Å². The van der Waals surface area contributed by atoms with Crippen LogP contribution in [0, 0.1) is 13.8 Å². The van der Waals surface area contributed by atoms with Crippen LogP contribution in [-0.4, -0.2) is 63.0 Å². The normalized spacial score (nSPS) is 14.9. The molecule has 6 nitrogen and oxygen atoms in total. The van der Waals surface area contributed by atoms with E-state index >= 15 is 0 Å². The van der Waals surface area contributed by atoms with Crippen LogP contribution < -0.4 is 10.2 Å². The third kappa shape index (κ3) is 4.71. The molecule has 2 aromatic carbocycles. The first-order chi connectivity index (χ1) is 13.7. The van der Waals surface area contributed by atoms with E-state index in [0.29, 0.717) is 10.8 Å². The number of benzene rings is 2. The quantitative estimate of drug-likeness (QED) is 0.750. The van der Waals surface area contributed by atoms with Crippen molar-refractivity contribution in [3.8, 4) is 0 Å². The predicted octanol–water partition coefficient (Wildman–Crippen LogP) is 3.07. The van der Waals surface area contributed by atoms with Crippen molar-refractivity contribution in [1.29, 1.82) is 0 Å². The molecule has 8 heteroatoms. The maximum absolute atomic E-state index is 12.3.